The van der Waals surface area contributed by atoms with Crippen LogP contribution in [0.25, 0.3) is 0 Å². The molecule has 2 rings (SSSR count). The number of aromatic nitrogens is 2. The van der Waals surface area contributed by atoms with Gasteiger partial charge in [-0.2, -0.15) is 5.06 Å². The molecule has 0 saturated heterocycles. The number of aryl methyl sites for hydroxylation is 2. The highest BCUT2D eigenvalue weighted by Gasteiger charge is 2.34. The van der Waals surface area contributed by atoms with Crippen molar-refractivity contribution in [2.45, 2.75) is 40.6 Å². The summed E-state index contributed by atoms with van der Waals surface area (Å²) in [6, 6.07) is 0. The molecule has 106 valence electrons. The highest BCUT2D eigenvalue weighted by atomic mass is 16.7. The van der Waals surface area contributed by atoms with E-state index in [9.17, 15) is 0 Å². The fraction of sp³-hybridized carbons (Fsp3) is 0.692. The Bertz CT molecular complexity index is 453. The summed E-state index contributed by atoms with van der Waals surface area (Å²) in [5.41, 5.74) is 2.80. The summed E-state index contributed by atoms with van der Waals surface area (Å²) in [6.45, 7) is 9.74. The number of fused-ring (bicyclic) bond motifs is 1. The zero-order valence-corrected chi connectivity index (χ0v) is 12.3. The lowest BCUT2D eigenvalue weighted by atomic mass is 10.2. The molecule has 1 unspecified atom stereocenters. The van der Waals surface area contributed by atoms with E-state index in [1.807, 2.05) is 34.7 Å². The van der Waals surface area contributed by atoms with Gasteiger partial charge >= 0.3 is 0 Å². The highest BCUT2D eigenvalue weighted by molar-refractivity contribution is 5.45. The molecule has 6 heteroatoms. The Kier molecular flexibility index (Phi) is 4.34. The second-order valence-corrected chi connectivity index (χ2v) is 4.61. The molecule has 0 amide bonds. The van der Waals surface area contributed by atoms with Gasteiger partial charge in [-0.25, -0.2) is 4.98 Å². The zero-order chi connectivity index (χ0) is 14.0. The zero-order valence-electron chi connectivity index (χ0n) is 12.3. The lowest BCUT2D eigenvalue weighted by Crippen LogP contribution is -2.52. The number of nitrogens with zero attached hydrogens (tertiary/aromatic N) is 4. The van der Waals surface area contributed by atoms with Gasteiger partial charge in [-0.3, -0.25) is 14.7 Å². The molecule has 0 aliphatic carbocycles. The Balaban J connectivity index is 2.42. The molecule has 0 N–H and O–H groups in total. The molecular formula is C13H22N4O2. The molecule has 1 atom stereocenters. The van der Waals surface area contributed by atoms with Crippen LogP contribution in [0, 0.1) is 13.8 Å². The number of rotatable bonds is 4. The monoisotopic (exact) mass is 266 g/mol. The largest absolute Gasteiger partial charge is 0.343 e. The Hall–Kier alpha value is -1.24. The van der Waals surface area contributed by atoms with Crippen molar-refractivity contribution < 1.29 is 9.57 Å². The van der Waals surface area contributed by atoms with Crippen molar-refractivity contribution >= 4 is 5.82 Å². The molecule has 0 spiro atoms. The third-order valence-electron chi connectivity index (χ3n) is 3.13. The average molecular weight is 266 g/mol. The van der Waals surface area contributed by atoms with E-state index >= 15 is 0 Å². The number of hydroxylamine groups is 1. The van der Waals surface area contributed by atoms with Gasteiger partial charge in [-0.05, 0) is 34.7 Å². The van der Waals surface area contributed by atoms with Crippen molar-refractivity contribution in [3.8, 4) is 0 Å². The minimum Gasteiger partial charge on any atom is -0.343 e. The minimum atomic E-state index is -0.256. The van der Waals surface area contributed by atoms with E-state index in [2.05, 4.69) is 14.9 Å². The predicted molar refractivity (Wildman–Crippen MR) is 72.5 cm³/mol. The Morgan fingerprint density at radius 3 is 2.47 bits per heavy atom. The first-order chi connectivity index (χ1) is 9.08. The van der Waals surface area contributed by atoms with Gasteiger partial charge in [0, 0.05) is 13.2 Å². The summed E-state index contributed by atoms with van der Waals surface area (Å²) in [4.78, 5) is 17.0. The topological polar surface area (TPSA) is 50.7 Å². The van der Waals surface area contributed by atoms with Crippen LogP contribution in [0.5, 0.6) is 0 Å². The molecule has 0 radical (unpaired) electrons. The van der Waals surface area contributed by atoms with Gasteiger partial charge in [0.05, 0.1) is 23.7 Å². The van der Waals surface area contributed by atoms with Gasteiger partial charge in [0.25, 0.3) is 0 Å². The molecule has 1 aromatic rings. The van der Waals surface area contributed by atoms with E-state index < -0.39 is 0 Å². The molecule has 0 aromatic carbocycles. The molecular weight excluding hydrogens is 244 g/mol. The van der Waals surface area contributed by atoms with Crippen LogP contribution in [-0.2, 0) is 16.1 Å². The third kappa shape index (κ3) is 2.70. The van der Waals surface area contributed by atoms with Crippen molar-refractivity contribution in [3.63, 3.8) is 0 Å². The Morgan fingerprint density at radius 2 is 1.84 bits per heavy atom. The molecule has 0 saturated carbocycles. The molecule has 6 nitrogen and oxygen atoms in total. The van der Waals surface area contributed by atoms with Gasteiger partial charge in [-0.1, -0.05) is 0 Å². The smallest absolute Gasteiger partial charge is 0.214 e. The van der Waals surface area contributed by atoms with E-state index in [-0.39, 0.29) is 6.35 Å². The van der Waals surface area contributed by atoms with Gasteiger partial charge in [0.15, 0.2) is 5.82 Å². The molecule has 19 heavy (non-hydrogen) atoms. The van der Waals surface area contributed by atoms with Gasteiger partial charge in [0.1, 0.15) is 0 Å². The molecule has 0 fully saturated rings. The maximum atomic E-state index is 5.75. The molecule has 1 aliphatic heterocycles. The first-order valence-electron chi connectivity index (χ1n) is 6.66. The molecule has 0 bridgehead atoms. The maximum Gasteiger partial charge on any atom is 0.214 e. The maximum absolute atomic E-state index is 5.75. The van der Waals surface area contributed by atoms with Crippen molar-refractivity contribution in [1.82, 2.24) is 14.9 Å². The van der Waals surface area contributed by atoms with Gasteiger partial charge in [-0.15, -0.1) is 0 Å². The molecule has 1 aromatic heterocycles. The fourth-order valence-corrected chi connectivity index (χ4v) is 2.13. The standard InChI is InChI=1S/C13H22N4O2/c1-6-18-13-16(5)8-11-12(17(13)19-7-2)15-10(4)9(3)14-11/h13H,6-8H2,1-5H3. The SMILES string of the molecule is CCOC1N(C)Cc2nc(C)c(C)nc2N1OCC. The van der Waals surface area contributed by atoms with Crippen LogP contribution in [0.2, 0.25) is 0 Å². The van der Waals surface area contributed by atoms with Gasteiger partial charge < -0.3 is 4.74 Å². The van der Waals surface area contributed by atoms with Crippen LogP contribution in [0.4, 0.5) is 5.82 Å². The summed E-state index contributed by atoms with van der Waals surface area (Å²) in [5, 5.41) is 1.72. The summed E-state index contributed by atoms with van der Waals surface area (Å²) in [5.74, 6) is 0.765. The molecule has 2 heterocycles. The van der Waals surface area contributed by atoms with Crippen LogP contribution in [0.15, 0.2) is 0 Å². The number of anilines is 1. The van der Waals surface area contributed by atoms with E-state index in [1.54, 1.807) is 5.06 Å². The lowest BCUT2D eigenvalue weighted by molar-refractivity contribution is -0.116. The van der Waals surface area contributed by atoms with Crippen molar-refractivity contribution in [2.24, 2.45) is 0 Å². The van der Waals surface area contributed by atoms with Gasteiger partial charge in [0.2, 0.25) is 6.35 Å². The summed E-state index contributed by atoms with van der Waals surface area (Å²) < 4.78 is 5.75. The number of ether oxygens (including phenoxy) is 1. The predicted octanol–water partition coefficient (Wildman–Crippen LogP) is 1.62. The van der Waals surface area contributed by atoms with Crippen LogP contribution < -0.4 is 5.06 Å². The number of hydrogen-bond donors (Lipinski definition) is 0. The van der Waals surface area contributed by atoms with E-state index in [0.29, 0.717) is 19.8 Å². The number of hydrogen-bond acceptors (Lipinski definition) is 6. The average Bonchev–Trinajstić information content (AvgIpc) is 2.36. The Labute approximate surface area is 114 Å². The Morgan fingerprint density at radius 1 is 1.16 bits per heavy atom. The third-order valence-corrected chi connectivity index (χ3v) is 3.13. The first-order valence-corrected chi connectivity index (χ1v) is 6.66. The quantitative estimate of drug-likeness (QED) is 0.825. The van der Waals surface area contributed by atoms with Crippen LogP contribution in [0.1, 0.15) is 30.9 Å². The summed E-state index contributed by atoms with van der Waals surface area (Å²) in [6.07, 6.45) is -0.256. The van der Waals surface area contributed by atoms with Crippen molar-refractivity contribution in [2.75, 3.05) is 25.3 Å². The normalized spacial score (nSPS) is 19.6. The first kappa shape index (κ1) is 14.2. The van der Waals surface area contributed by atoms with Crippen molar-refractivity contribution in [1.29, 1.82) is 0 Å². The van der Waals surface area contributed by atoms with E-state index in [1.165, 1.54) is 0 Å². The van der Waals surface area contributed by atoms with Crippen molar-refractivity contribution in [3.05, 3.63) is 17.1 Å². The second kappa shape index (κ2) is 5.81. The van der Waals surface area contributed by atoms with Crippen LogP contribution in [0.3, 0.4) is 0 Å². The second-order valence-electron chi connectivity index (χ2n) is 4.61. The van der Waals surface area contributed by atoms with E-state index in [4.69, 9.17) is 9.57 Å². The summed E-state index contributed by atoms with van der Waals surface area (Å²) >= 11 is 0. The van der Waals surface area contributed by atoms with Crippen LogP contribution >= 0.6 is 0 Å². The fourth-order valence-electron chi connectivity index (χ4n) is 2.13. The minimum absolute atomic E-state index is 0.256. The molecule has 1 aliphatic rings. The van der Waals surface area contributed by atoms with E-state index in [0.717, 1.165) is 22.9 Å². The lowest BCUT2D eigenvalue weighted by Gasteiger charge is -2.40. The highest BCUT2D eigenvalue weighted by Crippen LogP contribution is 2.28. The summed E-state index contributed by atoms with van der Waals surface area (Å²) in [7, 11) is 1.99. The van der Waals surface area contributed by atoms with Crippen LogP contribution in [-0.4, -0.2) is 41.5 Å².